The number of carbonyl (C=O) groups is 1. The van der Waals surface area contributed by atoms with E-state index in [1.54, 1.807) is 6.07 Å². The normalized spacial score (nSPS) is 10.1. The lowest BCUT2D eigenvalue weighted by Crippen LogP contribution is -2.12. The van der Waals surface area contributed by atoms with Gasteiger partial charge in [0.2, 0.25) is 0 Å². The van der Waals surface area contributed by atoms with Crippen molar-refractivity contribution in [1.29, 1.82) is 0 Å². The molecule has 1 heterocycles. The number of nitrogens with one attached hydrogen (secondary N) is 1. The Labute approximate surface area is 108 Å². The Morgan fingerprint density at radius 3 is 2.78 bits per heavy atom. The van der Waals surface area contributed by atoms with E-state index < -0.39 is 11.7 Å². The molecule has 3 N–H and O–H groups in total. The maximum Gasteiger partial charge on any atom is 0.255 e. The molecule has 0 aliphatic carbocycles. The van der Waals surface area contributed by atoms with E-state index >= 15 is 0 Å². The highest BCUT2D eigenvalue weighted by Gasteiger charge is 2.08. The standard InChI is InChI=1S/C12H9ClFN3O/c13-11-6-8(3-4-16-11)17-12(18)7-1-2-9(14)10(15)5-7/h1-6H,15H2,(H,16,17,18). The molecule has 18 heavy (non-hydrogen) atoms. The fourth-order valence-corrected chi connectivity index (χ4v) is 1.54. The maximum absolute atomic E-state index is 13.0. The molecular weight excluding hydrogens is 257 g/mol. The van der Waals surface area contributed by atoms with Gasteiger partial charge in [-0.25, -0.2) is 9.37 Å². The van der Waals surface area contributed by atoms with Gasteiger partial charge in [-0.1, -0.05) is 11.6 Å². The number of rotatable bonds is 2. The Hall–Kier alpha value is -2.14. The van der Waals surface area contributed by atoms with Crippen LogP contribution in [0.3, 0.4) is 0 Å². The number of nitrogen functional groups attached to an aromatic ring is 1. The Kier molecular flexibility index (Phi) is 3.43. The van der Waals surface area contributed by atoms with Crippen LogP contribution in [0.25, 0.3) is 0 Å². The minimum Gasteiger partial charge on any atom is -0.396 e. The zero-order chi connectivity index (χ0) is 13.1. The van der Waals surface area contributed by atoms with Gasteiger partial charge in [-0.3, -0.25) is 4.79 Å². The summed E-state index contributed by atoms with van der Waals surface area (Å²) in [7, 11) is 0. The fourth-order valence-electron chi connectivity index (χ4n) is 1.37. The van der Waals surface area contributed by atoms with E-state index in [0.717, 1.165) is 6.07 Å². The number of hydrogen-bond acceptors (Lipinski definition) is 3. The SMILES string of the molecule is Nc1cc(C(=O)Nc2ccnc(Cl)c2)ccc1F. The molecule has 92 valence electrons. The second-order valence-corrected chi connectivity index (χ2v) is 3.94. The highest BCUT2D eigenvalue weighted by Crippen LogP contribution is 2.16. The Balaban J connectivity index is 2.19. The molecule has 0 fully saturated rings. The van der Waals surface area contributed by atoms with Gasteiger partial charge in [0.1, 0.15) is 11.0 Å². The minimum atomic E-state index is -0.557. The first-order valence-electron chi connectivity index (χ1n) is 5.04. The molecule has 6 heteroatoms. The van der Waals surface area contributed by atoms with Crippen molar-refractivity contribution < 1.29 is 9.18 Å². The van der Waals surface area contributed by atoms with Crippen molar-refractivity contribution in [2.45, 2.75) is 0 Å². The highest BCUT2D eigenvalue weighted by molar-refractivity contribution is 6.29. The molecule has 4 nitrogen and oxygen atoms in total. The van der Waals surface area contributed by atoms with Gasteiger partial charge >= 0.3 is 0 Å². The molecule has 0 radical (unpaired) electrons. The van der Waals surface area contributed by atoms with Crippen LogP contribution in [0.5, 0.6) is 0 Å². The van der Waals surface area contributed by atoms with Gasteiger partial charge in [0, 0.05) is 17.4 Å². The smallest absolute Gasteiger partial charge is 0.255 e. The van der Waals surface area contributed by atoms with Gasteiger partial charge in [0.25, 0.3) is 5.91 Å². The van der Waals surface area contributed by atoms with Crippen LogP contribution in [0.4, 0.5) is 15.8 Å². The monoisotopic (exact) mass is 265 g/mol. The molecule has 0 aliphatic heterocycles. The molecule has 0 bridgehead atoms. The van der Waals surface area contributed by atoms with Gasteiger partial charge in [0.05, 0.1) is 5.69 Å². The molecule has 1 aromatic heterocycles. The lowest BCUT2D eigenvalue weighted by Gasteiger charge is -2.06. The molecule has 0 saturated heterocycles. The predicted octanol–water partition coefficient (Wildman–Crippen LogP) is 2.71. The van der Waals surface area contributed by atoms with E-state index in [-0.39, 0.29) is 16.4 Å². The van der Waals surface area contributed by atoms with Crippen LogP contribution >= 0.6 is 11.6 Å². The summed E-state index contributed by atoms with van der Waals surface area (Å²) in [5, 5.41) is 2.87. The van der Waals surface area contributed by atoms with E-state index in [4.69, 9.17) is 17.3 Å². The lowest BCUT2D eigenvalue weighted by atomic mass is 10.2. The van der Waals surface area contributed by atoms with Crippen LogP contribution in [0.2, 0.25) is 5.15 Å². The number of nitrogens with zero attached hydrogens (tertiary/aromatic N) is 1. The van der Waals surface area contributed by atoms with Crippen LogP contribution in [-0.2, 0) is 0 Å². The van der Waals surface area contributed by atoms with Gasteiger partial charge < -0.3 is 11.1 Å². The summed E-state index contributed by atoms with van der Waals surface area (Å²) >= 11 is 5.69. The predicted molar refractivity (Wildman–Crippen MR) is 68.0 cm³/mol. The molecule has 1 aromatic carbocycles. The van der Waals surface area contributed by atoms with Crippen LogP contribution in [0.1, 0.15) is 10.4 Å². The summed E-state index contributed by atoms with van der Waals surface area (Å²) in [6.45, 7) is 0. The average Bonchev–Trinajstić information content (AvgIpc) is 2.32. The molecule has 0 atom stereocenters. The summed E-state index contributed by atoms with van der Waals surface area (Å²) in [6.07, 6.45) is 1.47. The van der Waals surface area contributed by atoms with E-state index in [0.29, 0.717) is 5.69 Å². The zero-order valence-corrected chi connectivity index (χ0v) is 9.91. The van der Waals surface area contributed by atoms with Gasteiger partial charge in [0.15, 0.2) is 0 Å². The number of anilines is 2. The summed E-state index contributed by atoms with van der Waals surface area (Å²) in [5.41, 5.74) is 6.08. The number of nitrogens with two attached hydrogens (primary N) is 1. The van der Waals surface area contributed by atoms with Crippen molar-refractivity contribution in [2.24, 2.45) is 0 Å². The van der Waals surface area contributed by atoms with Crippen molar-refractivity contribution in [3.05, 3.63) is 53.1 Å². The van der Waals surface area contributed by atoms with E-state index in [1.807, 2.05) is 0 Å². The average molecular weight is 266 g/mol. The van der Waals surface area contributed by atoms with Crippen molar-refractivity contribution >= 4 is 28.9 Å². The van der Waals surface area contributed by atoms with E-state index in [9.17, 15) is 9.18 Å². The van der Waals surface area contributed by atoms with Crippen LogP contribution in [-0.4, -0.2) is 10.9 Å². The van der Waals surface area contributed by atoms with Crippen molar-refractivity contribution in [1.82, 2.24) is 4.98 Å². The molecule has 2 rings (SSSR count). The summed E-state index contributed by atoms with van der Waals surface area (Å²) < 4.78 is 13.0. The quantitative estimate of drug-likeness (QED) is 0.648. The first-order valence-corrected chi connectivity index (χ1v) is 5.42. The van der Waals surface area contributed by atoms with Crippen LogP contribution < -0.4 is 11.1 Å². The Bertz CT molecular complexity index is 604. The van der Waals surface area contributed by atoms with Crippen LogP contribution in [0.15, 0.2) is 36.5 Å². The third-order valence-corrected chi connectivity index (χ3v) is 2.45. The van der Waals surface area contributed by atoms with Crippen LogP contribution in [0, 0.1) is 5.82 Å². The summed E-state index contributed by atoms with van der Waals surface area (Å²) in [5.74, 6) is -0.956. The molecule has 0 spiro atoms. The second kappa shape index (κ2) is 5.01. The van der Waals surface area contributed by atoms with Gasteiger partial charge in [-0.2, -0.15) is 0 Å². The first-order chi connectivity index (χ1) is 8.56. The van der Waals surface area contributed by atoms with E-state index in [1.165, 1.54) is 24.4 Å². The largest absolute Gasteiger partial charge is 0.396 e. The third kappa shape index (κ3) is 2.75. The molecule has 1 amide bonds. The topological polar surface area (TPSA) is 68.0 Å². The highest BCUT2D eigenvalue weighted by atomic mass is 35.5. The maximum atomic E-state index is 13.0. The van der Waals surface area contributed by atoms with Crippen molar-refractivity contribution in [3.8, 4) is 0 Å². The number of hydrogen-bond donors (Lipinski definition) is 2. The number of halogens is 2. The molecule has 0 unspecified atom stereocenters. The number of amides is 1. The first kappa shape index (κ1) is 12.3. The minimum absolute atomic E-state index is 0.0737. The molecule has 0 aliphatic rings. The second-order valence-electron chi connectivity index (χ2n) is 3.56. The van der Waals surface area contributed by atoms with Gasteiger partial charge in [-0.15, -0.1) is 0 Å². The number of benzene rings is 1. The number of carbonyl (C=O) groups excluding carboxylic acids is 1. The van der Waals surface area contributed by atoms with Gasteiger partial charge in [-0.05, 0) is 30.3 Å². The molecule has 2 aromatic rings. The molecular formula is C12H9ClFN3O. The Morgan fingerprint density at radius 1 is 1.33 bits per heavy atom. The van der Waals surface area contributed by atoms with Crippen molar-refractivity contribution in [3.63, 3.8) is 0 Å². The fraction of sp³-hybridized carbons (Fsp3) is 0. The third-order valence-electron chi connectivity index (χ3n) is 2.24. The zero-order valence-electron chi connectivity index (χ0n) is 9.15. The molecule has 0 saturated carbocycles. The van der Waals surface area contributed by atoms with Crippen molar-refractivity contribution in [2.75, 3.05) is 11.1 Å². The lowest BCUT2D eigenvalue weighted by molar-refractivity contribution is 0.102. The number of aromatic nitrogens is 1. The number of pyridine rings is 1. The Morgan fingerprint density at radius 2 is 2.11 bits per heavy atom. The summed E-state index contributed by atoms with van der Waals surface area (Å²) in [6, 6.07) is 6.87. The summed E-state index contributed by atoms with van der Waals surface area (Å²) in [4.78, 5) is 15.6. The van der Waals surface area contributed by atoms with E-state index in [2.05, 4.69) is 10.3 Å².